The molecule has 4 N–H and O–H groups in total. The van der Waals surface area contributed by atoms with Gasteiger partial charge in [-0.3, -0.25) is 20.0 Å². The van der Waals surface area contributed by atoms with Crippen molar-refractivity contribution in [3.8, 4) is 11.3 Å². The minimum Gasteiger partial charge on any atom is -0.453 e. The fourth-order valence-electron chi connectivity index (χ4n) is 6.23. The molecule has 0 bridgehead atoms. The summed E-state index contributed by atoms with van der Waals surface area (Å²) in [6, 6.07) is 12.1. The molecule has 5 atom stereocenters. The number of hydrogen-bond donors (Lipinski definition) is 4. The number of ether oxygens (including phenoxy) is 1. The number of alkyl carbamates (subject to hydrolysis) is 1. The molecule has 2 aliphatic rings. The van der Waals surface area contributed by atoms with Gasteiger partial charge in [0.15, 0.2) is 0 Å². The summed E-state index contributed by atoms with van der Waals surface area (Å²) in [5.74, 6) is -0.266. The number of allylic oxidation sites excluding steroid dienone is 3. The van der Waals surface area contributed by atoms with Gasteiger partial charge in [-0.2, -0.15) is 0 Å². The number of rotatable bonds is 13. The number of methoxy groups -OCH3 is 1. The number of carbonyl (C=O) groups is 3. The molecule has 10 nitrogen and oxygen atoms in total. The molecule has 0 aliphatic heterocycles. The summed E-state index contributed by atoms with van der Waals surface area (Å²) >= 11 is 0. The molecule has 0 saturated heterocycles. The normalized spacial score (nSPS) is 19.5. The van der Waals surface area contributed by atoms with Crippen LogP contribution in [0.25, 0.3) is 11.3 Å². The minimum absolute atomic E-state index is 0.0296. The van der Waals surface area contributed by atoms with E-state index in [0.29, 0.717) is 12.3 Å². The summed E-state index contributed by atoms with van der Waals surface area (Å²) < 4.78 is 4.79. The second-order valence-electron chi connectivity index (χ2n) is 15.2. The molecular formula is C38H53N5O5. The Morgan fingerprint density at radius 2 is 1.77 bits per heavy atom. The highest BCUT2D eigenvalue weighted by atomic mass is 16.5. The number of nitrogens with one attached hydrogen (secondary N) is 3. The van der Waals surface area contributed by atoms with Crippen LogP contribution in [0.4, 0.5) is 4.79 Å². The fraction of sp³-hybridized carbons (Fsp3) is 0.526. The van der Waals surface area contributed by atoms with Gasteiger partial charge in [0.1, 0.15) is 6.04 Å². The van der Waals surface area contributed by atoms with E-state index >= 15 is 0 Å². The van der Waals surface area contributed by atoms with Crippen molar-refractivity contribution in [1.29, 1.82) is 0 Å². The topological polar surface area (TPSA) is 133 Å². The molecule has 1 heterocycles. The van der Waals surface area contributed by atoms with E-state index in [2.05, 4.69) is 54.0 Å². The van der Waals surface area contributed by atoms with Gasteiger partial charge in [-0.05, 0) is 60.1 Å². The van der Waals surface area contributed by atoms with Crippen molar-refractivity contribution in [1.82, 2.24) is 26.1 Å². The summed E-state index contributed by atoms with van der Waals surface area (Å²) in [4.78, 5) is 43.8. The number of aromatic nitrogens is 1. The molecule has 2 aliphatic carbocycles. The van der Waals surface area contributed by atoms with Crippen molar-refractivity contribution >= 4 is 17.9 Å². The Hall–Kier alpha value is -4.02. The van der Waals surface area contributed by atoms with Crippen LogP contribution in [-0.4, -0.2) is 64.8 Å². The smallest absolute Gasteiger partial charge is 0.407 e. The Kier molecular flexibility index (Phi) is 12.2. The van der Waals surface area contributed by atoms with Crippen LogP contribution in [-0.2, 0) is 20.9 Å². The van der Waals surface area contributed by atoms with E-state index in [1.54, 1.807) is 11.2 Å². The number of hydrazine groups is 1. The quantitative estimate of drug-likeness (QED) is 0.208. The van der Waals surface area contributed by atoms with Crippen molar-refractivity contribution < 1.29 is 24.2 Å². The molecule has 48 heavy (non-hydrogen) atoms. The Morgan fingerprint density at radius 3 is 2.33 bits per heavy atom. The minimum atomic E-state index is -1.01. The first-order chi connectivity index (χ1) is 22.7. The first-order valence-corrected chi connectivity index (χ1v) is 16.9. The molecule has 3 amide bonds. The third-order valence-corrected chi connectivity index (χ3v) is 9.15. The van der Waals surface area contributed by atoms with Crippen LogP contribution >= 0.6 is 0 Å². The van der Waals surface area contributed by atoms with E-state index in [-0.39, 0.29) is 30.3 Å². The van der Waals surface area contributed by atoms with Crippen LogP contribution < -0.4 is 16.1 Å². The number of aliphatic hydroxyl groups excluding tert-OH is 1. The van der Waals surface area contributed by atoms with Crippen LogP contribution in [0, 0.1) is 22.7 Å². The Morgan fingerprint density at radius 1 is 1.04 bits per heavy atom. The van der Waals surface area contributed by atoms with E-state index in [1.165, 1.54) is 7.11 Å². The first-order valence-electron chi connectivity index (χ1n) is 16.9. The number of carbonyl (C=O) groups excluding carboxylic acids is 3. The van der Waals surface area contributed by atoms with Crippen molar-refractivity contribution in [3.05, 3.63) is 78.0 Å². The third kappa shape index (κ3) is 10.5. The summed E-state index contributed by atoms with van der Waals surface area (Å²) in [7, 11) is 1.25. The van der Waals surface area contributed by atoms with Crippen molar-refractivity contribution in [2.24, 2.45) is 22.7 Å². The monoisotopic (exact) mass is 659 g/mol. The average molecular weight is 660 g/mol. The van der Waals surface area contributed by atoms with Crippen molar-refractivity contribution in [3.63, 3.8) is 0 Å². The van der Waals surface area contributed by atoms with Crippen molar-refractivity contribution in [2.45, 2.75) is 92.0 Å². The molecule has 1 aromatic carbocycles. The van der Waals surface area contributed by atoms with E-state index in [4.69, 9.17) is 4.74 Å². The van der Waals surface area contributed by atoms with Gasteiger partial charge in [0.05, 0.1) is 24.9 Å². The maximum atomic E-state index is 13.8. The second kappa shape index (κ2) is 15.9. The lowest BCUT2D eigenvalue weighted by atomic mass is 9.86. The molecule has 4 unspecified atom stereocenters. The van der Waals surface area contributed by atoms with E-state index in [9.17, 15) is 19.5 Å². The molecule has 2 aromatic rings. The van der Waals surface area contributed by atoms with Gasteiger partial charge in [0, 0.05) is 30.8 Å². The Balaban J connectivity index is 1.57. The van der Waals surface area contributed by atoms with Crippen LogP contribution in [0.15, 0.2) is 72.5 Å². The standard InChI is InChI=1S/C38H53N5O5/c1-37(2,3)29-22-28(29)34(45)40-31(21-25-13-9-8-10-14-25)32(44)24-43(42-35(46)33(38(4,5)6)41-36(47)48-7)23-26-16-18-27(19-17-26)30-15-11-12-20-39-30/h8-9,11-13,15-20,28-29,31-33,44H,10,14,21-24H2,1-7H3,(H,40,45)(H,41,47)(H,42,46)/t28?,29-,31?,32?,33?/m1/s1. The molecular weight excluding hydrogens is 606 g/mol. The summed E-state index contributed by atoms with van der Waals surface area (Å²) in [6.45, 7) is 12.3. The Labute approximate surface area is 285 Å². The zero-order valence-corrected chi connectivity index (χ0v) is 29.5. The Bertz CT molecular complexity index is 1460. The molecule has 4 rings (SSSR count). The van der Waals surface area contributed by atoms with Crippen LogP contribution in [0.2, 0.25) is 0 Å². The highest BCUT2D eigenvalue weighted by molar-refractivity contribution is 5.86. The van der Waals surface area contributed by atoms with Gasteiger partial charge < -0.3 is 20.5 Å². The van der Waals surface area contributed by atoms with Gasteiger partial charge in [-0.1, -0.05) is 95.7 Å². The van der Waals surface area contributed by atoms with Crippen LogP contribution in [0.5, 0.6) is 0 Å². The molecule has 1 fully saturated rings. The van der Waals surface area contributed by atoms with Gasteiger partial charge in [-0.25, -0.2) is 9.80 Å². The van der Waals surface area contributed by atoms with E-state index < -0.39 is 35.6 Å². The SMILES string of the molecule is COC(=O)NC(C(=O)NN(Cc1ccc(-c2ccccn2)cc1)CC(O)C(CC1=CC=CCC1)NC(=O)C1C[C@H]1C(C)(C)C)C(C)(C)C. The summed E-state index contributed by atoms with van der Waals surface area (Å²) in [5.41, 5.74) is 6.20. The van der Waals surface area contributed by atoms with Gasteiger partial charge in [0.25, 0.3) is 5.91 Å². The van der Waals surface area contributed by atoms with Crippen LogP contribution in [0.3, 0.4) is 0 Å². The second-order valence-corrected chi connectivity index (χ2v) is 15.2. The van der Waals surface area contributed by atoms with E-state index in [0.717, 1.165) is 41.7 Å². The van der Waals surface area contributed by atoms with Gasteiger partial charge >= 0.3 is 6.09 Å². The summed E-state index contributed by atoms with van der Waals surface area (Å²) in [5, 5.41) is 19.3. The predicted molar refractivity (Wildman–Crippen MR) is 187 cm³/mol. The maximum Gasteiger partial charge on any atom is 0.407 e. The van der Waals surface area contributed by atoms with E-state index in [1.807, 2.05) is 69.3 Å². The fourth-order valence-corrected chi connectivity index (χ4v) is 6.23. The number of amides is 3. The first kappa shape index (κ1) is 36.8. The molecule has 1 aromatic heterocycles. The molecule has 260 valence electrons. The zero-order valence-electron chi connectivity index (χ0n) is 29.5. The number of pyridine rings is 1. The van der Waals surface area contributed by atoms with Crippen molar-refractivity contribution in [2.75, 3.05) is 13.7 Å². The predicted octanol–water partition coefficient (Wildman–Crippen LogP) is 5.55. The third-order valence-electron chi connectivity index (χ3n) is 9.15. The number of aliphatic hydroxyl groups is 1. The average Bonchev–Trinajstić information content (AvgIpc) is 3.86. The lowest BCUT2D eigenvalue weighted by molar-refractivity contribution is -0.132. The molecule has 0 spiro atoms. The van der Waals surface area contributed by atoms with Gasteiger partial charge in [-0.15, -0.1) is 0 Å². The number of benzene rings is 1. The highest BCUT2D eigenvalue weighted by Gasteiger charge is 2.50. The molecule has 1 saturated carbocycles. The zero-order chi connectivity index (χ0) is 35.1. The largest absolute Gasteiger partial charge is 0.453 e. The highest BCUT2D eigenvalue weighted by Crippen LogP contribution is 2.50. The molecule has 10 heteroatoms. The lowest BCUT2D eigenvalue weighted by Gasteiger charge is -2.34. The lowest BCUT2D eigenvalue weighted by Crippen LogP contribution is -2.59. The number of hydrogen-bond acceptors (Lipinski definition) is 7. The van der Waals surface area contributed by atoms with Gasteiger partial charge in [0.2, 0.25) is 5.91 Å². The summed E-state index contributed by atoms with van der Waals surface area (Å²) in [6.07, 6.45) is 9.31. The maximum absolute atomic E-state index is 13.8. The number of nitrogens with zero attached hydrogens (tertiary/aromatic N) is 2. The van der Waals surface area contributed by atoms with Crippen LogP contribution in [0.1, 0.15) is 72.8 Å². The molecule has 0 radical (unpaired) electrons.